The van der Waals surface area contributed by atoms with Crippen molar-refractivity contribution in [1.82, 2.24) is 25.0 Å². The molecule has 0 aliphatic carbocycles. The summed E-state index contributed by atoms with van der Waals surface area (Å²) in [4.78, 5) is 21.5. The first-order chi connectivity index (χ1) is 15.5. The van der Waals surface area contributed by atoms with Crippen molar-refractivity contribution in [3.63, 3.8) is 0 Å². The van der Waals surface area contributed by atoms with E-state index in [0.717, 1.165) is 17.0 Å². The number of aromatic nitrogens is 5. The summed E-state index contributed by atoms with van der Waals surface area (Å²) in [6.45, 7) is 1.90. The Balaban J connectivity index is 1.66. The highest BCUT2D eigenvalue weighted by atomic mass is 35.5. The van der Waals surface area contributed by atoms with Gasteiger partial charge in [-0.15, -0.1) is 5.10 Å². The molecule has 0 aliphatic rings. The zero-order chi connectivity index (χ0) is 22.5. The lowest BCUT2D eigenvalue weighted by atomic mass is 10.2. The lowest BCUT2D eigenvalue weighted by Crippen LogP contribution is -2.15. The van der Waals surface area contributed by atoms with Gasteiger partial charge in [-0.2, -0.15) is 0 Å². The Hall–Kier alpha value is -3.43. The molecule has 2 aromatic carbocycles. The van der Waals surface area contributed by atoms with Gasteiger partial charge in [0, 0.05) is 28.9 Å². The van der Waals surface area contributed by atoms with Crippen LogP contribution in [-0.2, 0) is 5.75 Å². The van der Waals surface area contributed by atoms with Crippen LogP contribution < -0.4 is 10.1 Å². The maximum Gasteiger partial charge on any atom is 0.278 e. The molecular formula is C22H19ClN6O2S. The number of anilines is 1. The first-order valence-corrected chi connectivity index (χ1v) is 11.0. The number of halogens is 1. The van der Waals surface area contributed by atoms with Gasteiger partial charge in [-0.25, -0.2) is 14.6 Å². The molecule has 4 aromatic rings. The summed E-state index contributed by atoms with van der Waals surface area (Å²) in [5.74, 6) is 0.728. The standard InChI is InChI=1S/C22H19ClN6O2S/c1-14-4-5-15(12-18(14)23)26-21(30)20-19(13-32-22-24-10-3-11-25-22)29(28-27-20)16-6-8-17(31-2)9-7-16/h3-12H,13H2,1-2H3,(H,26,30). The molecule has 2 aromatic heterocycles. The summed E-state index contributed by atoms with van der Waals surface area (Å²) in [5, 5.41) is 12.4. The van der Waals surface area contributed by atoms with Crippen molar-refractivity contribution in [1.29, 1.82) is 0 Å². The number of thioether (sulfide) groups is 1. The highest BCUT2D eigenvalue weighted by Gasteiger charge is 2.22. The van der Waals surface area contributed by atoms with Gasteiger partial charge < -0.3 is 10.1 Å². The summed E-state index contributed by atoms with van der Waals surface area (Å²) < 4.78 is 6.86. The Bertz CT molecular complexity index is 1230. The average Bonchev–Trinajstić information content (AvgIpc) is 3.25. The first kappa shape index (κ1) is 21.8. The SMILES string of the molecule is COc1ccc(-n2nnc(C(=O)Nc3ccc(C)c(Cl)c3)c2CSc2ncccn2)cc1. The lowest BCUT2D eigenvalue weighted by molar-refractivity contribution is 0.102. The van der Waals surface area contributed by atoms with Gasteiger partial charge in [0.2, 0.25) is 0 Å². The second-order valence-electron chi connectivity index (χ2n) is 6.73. The second-order valence-corrected chi connectivity index (χ2v) is 8.08. The molecule has 10 heteroatoms. The van der Waals surface area contributed by atoms with Crippen LogP contribution in [-0.4, -0.2) is 38.0 Å². The van der Waals surface area contributed by atoms with E-state index in [1.54, 1.807) is 42.4 Å². The van der Waals surface area contributed by atoms with E-state index in [1.165, 1.54) is 11.8 Å². The number of carbonyl (C=O) groups excluding carboxylic acids is 1. The first-order valence-electron chi connectivity index (χ1n) is 9.61. The number of amides is 1. The zero-order valence-electron chi connectivity index (χ0n) is 17.3. The maximum absolute atomic E-state index is 13.1. The number of ether oxygens (including phenoxy) is 1. The van der Waals surface area contributed by atoms with Crippen LogP contribution in [0.3, 0.4) is 0 Å². The number of carbonyl (C=O) groups is 1. The van der Waals surface area contributed by atoms with Gasteiger partial charge in [-0.1, -0.05) is 34.6 Å². The average molecular weight is 467 g/mol. The van der Waals surface area contributed by atoms with Crippen molar-refractivity contribution < 1.29 is 9.53 Å². The van der Waals surface area contributed by atoms with Gasteiger partial charge in [-0.05, 0) is 55.0 Å². The van der Waals surface area contributed by atoms with Gasteiger partial charge in [0.25, 0.3) is 5.91 Å². The van der Waals surface area contributed by atoms with E-state index in [4.69, 9.17) is 16.3 Å². The van der Waals surface area contributed by atoms with E-state index in [9.17, 15) is 4.79 Å². The van der Waals surface area contributed by atoms with E-state index < -0.39 is 0 Å². The molecule has 0 fully saturated rings. The van der Waals surface area contributed by atoms with Crippen LogP contribution >= 0.6 is 23.4 Å². The maximum atomic E-state index is 13.1. The Morgan fingerprint density at radius 2 is 1.91 bits per heavy atom. The summed E-state index contributed by atoms with van der Waals surface area (Å²) in [7, 11) is 1.60. The number of aryl methyl sites for hydroxylation is 1. The number of methoxy groups -OCH3 is 1. The fourth-order valence-electron chi connectivity index (χ4n) is 2.89. The molecule has 0 atom stereocenters. The largest absolute Gasteiger partial charge is 0.497 e. The Kier molecular flexibility index (Phi) is 6.67. The van der Waals surface area contributed by atoms with E-state index in [-0.39, 0.29) is 11.6 Å². The van der Waals surface area contributed by atoms with Gasteiger partial charge in [0.15, 0.2) is 10.9 Å². The highest BCUT2D eigenvalue weighted by Crippen LogP contribution is 2.25. The second kappa shape index (κ2) is 9.80. The normalized spacial score (nSPS) is 10.7. The molecular weight excluding hydrogens is 448 g/mol. The minimum atomic E-state index is -0.380. The monoisotopic (exact) mass is 466 g/mol. The van der Waals surface area contributed by atoms with Crippen molar-refractivity contribution >= 4 is 35.0 Å². The molecule has 0 bridgehead atoms. The topological polar surface area (TPSA) is 94.8 Å². The van der Waals surface area contributed by atoms with Crippen LogP contribution in [0.1, 0.15) is 21.7 Å². The number of hydrogen-bond donors (Lipinski definition) is 1. The summed E-state index contributed by atoms with van der Waals surface area (Å²) in [6, 6.07) is 14.4. The van der Waals surface area contributed by atoms with Crippen molar-refractivity contribution in [3.05, 3.63) is 82.9 Å². The molecule has 0 saturated carbocycles. The number of benzene rings is 2. The highest BCUT2D eigenvalue weighted by molar-refractivity contribution is 7.98. The third-order valence-corrected chi connectivity index (χ3v) is 5.90. The third-order valence-electron chi connectivity index (χ3n) is 4.61. The molecule has 0 spiro atoms. The predicted molar refractivity (Wildman–Crippen MR) is 124 cm³/mol. The molecule has 1 amide bonds. The van der Waals surface area contributed by atoms with Gasteiger partial charge in [-0.3, -0.25) is 4.79 Å². The van der Waals surface area contributed by atoms with Gasteiger partial charge in [0.1, 0.15) is 5.75 Å². The van der Waals surface area contributed by atoms with Gasteiger partial charge >= 0.3 is 0 Å². The molecule has 32 heavy (non-hydrogen) atoms. The summed E-state index contributed by atoms with van der Waals surface area (Å²) in [5.41, 5.74) is 3.08. The molecule has 0 saturated heterocycles. The third kappa shape index (κ3) is 4.90. The lowest BCUT2D eigenvalue weighted by Gasteiger charge is -2.09. The smallest absolute Gasteiger partial charge is 0.278 e. The molecule has 4 rings (SSSR count). The minimum Gasteiger partial charge on any atom is -0.497 e. The van der Waals surface area contributed by atoms with E-state index in [2.05, 4.69) is 25.6 Å². The number of nitrogens with one attached hydrogen (secondary N) is 1. The Morgan fingerprint density at radius 3 is 2.59 bits per heavy atom. The molecule has 1 N–H and O–H groups in total. The molecule has 0 aliphatic heterocycles. The number of nitrogens with zero attached hydrogens (tertiary/aromatic N) is 5. The van der Waals surface area contributed by atoms with Crippen LogP contribution in [0, 0.1) is 6.92 Å². The van der Waals surface area contributed by atoms with E-state index >= 15 is 0 Å². The van der Waals surface area contributed by atoms with E-state index in [1.807, 2.05) is 37.3 Å². The fourth-order valence-corrected chi connectivity index (χ4v) is 3.87. The minimum absolute atomic E-state index is 0.209. The zero-order valence-corrected chi connectivity index (χ0v) is 18.9. The fraction of sp³-hybridized carbons (Fsp3) is 0.136. The number of rotatable bonds is 7. The van der Waals surface area contributed by atoms with Crippen LogP contribution in [0.5, 0.6) is 5.75 Å². The molecule has 0 radical (unpaired) electrons. The Morgan fingerprint density at radius 1 is 1.16 bits per heavy atom. The van der Waals surface area contributed by atoms with Crippen molar-refractivity contribution in [2.45, 2.75) is 17.8 Å². The van der Waals surface area contributed by atoms with E-state index in [0.29, 0.717) is 27.3 Å². The Labute approximate surface area is 194 Å². The summed E-state index contributed by atoms with van der Waals surface area (Å²) in [6.07, 6.45) is 3.34. The molecule has 2 heterocycles. The van der Waals surface area contributed by atoms with Crippen molar-refractivity contribution in [2.24, 2.45) is 0 Å². The predicted octanol–water partition coefficient (Wildman–Crippen LogP) is 4.57. The van der Waals surface area contributed by atoms with Gasteiger partial charge in [0.05, 0.1) is 18.5 Å². The molecule has 162 valence electrons. The van der Waals surface area contributed by atoms with Crippen molar-refractivity contribution in [3.8, 4) is 11.4 Å². The summed E-state index contributed by atoms with van der Waals surface area (Å²) >= 11 is 7.58. The van der Waals surface area contributed by atoms with Crippen LogP contribution in [0.2, 0.25) is 5.02 Å². The van der Waals surface area contributed by atoms with Crippen LogP contribution in [0.15, 0.2) is 66.1 Å². The van der Waals surface area contributed by atoms with Crippen LogP contribution in [0.4, 0.5) is 5.69 Å². The number of hydrogen-bond acceptors (Lipinski definition) is 7. The molecule has 0 unspecified atom stereocenters. The quantitative estimate of drug-likeness (QED) is 0.315. The van der Waals surface area contributed by atoms with Crippen LogP contribution in [0.25, 0.3) is 5.69 Å². The molecule has 8 nitrogen and oxygen atoms in total. The van der Waals surface area contributed by atoms with Crippen molar-refractivity contribution in [2.75, 3.05) is 12.4 Å².